The summed E-state index contributed by atoms with van der Waals surface area (Å²) in [6.45, 7) is 0.0818. The topological polar surface area (TPSA) is 33.0 Å². The van der Waals surface area contributed by atoms with Crippen LogP contribution in [0.4, 0.5) is 0 Å². The summed E-state index contributed by atoms with van der Waals surface area (Å²) < 4.78 is 5.18. The Labute approximate surface area is 94.7 Å². The lowest BCUT2D eigenvalue weighted by Gasteiger charge is -2.04. The Morgan fingerprint density at radius 1 is 1.12 bits per heavy atom. The van der Waals surface area contributed by atoms with E-state index in [1.165, 1.54) is 0 Å². The normalized spacial score (nSPS) is 9.44. The Morgan fingerprint density at radius 2 is 1.94 bits per heavy atom. The first-order valence-corrected chi connectivity index (χ1v) is 4.96. The van der Waals surface area contributed by atoms with Crippen molar-refractivity contribution in [2.24, 2.45) is 0 Å². The van der Waals surface area contributed by atoms with Gasteiger partial charge in [-0.15, -0.1) is 0 Å². The van der Waals surface area contributed by atoms with Crippen LogP contribution in [0.15, 0.2) is 48.5 Å². The highest BCUT2D eigenvalue weighted by Gasteiger charge is 1.97. The van der Waals surface area contributed by atoms with Crippen LogP contribution in [0.5, 0.6) is 5.75 Å². The van der Waals surface area contributed by atoms with Crippen molar-refractivity contribution in [3.05, 3.63) is 54.6 Å². The molecule has 0 heterocycles. The smallest absolute Gasteiger partial charge is 0.174 e. The van der Waals surface area contributed by atoms with Gasteiger partial charge in [-0.05, 0) is 35.4 Å². The van der Waals surface area contributed by atoms with Crippen molar-refractivity contribution in [1.29, 1.82) is 5.26 Å². The number of hydrogen-bond acceptors (Lipinski definition) is 2. The predicted molar refractivity (Wildman–Crippen MR) is 61.8 cm³/mol. The second-order valence-electron chi connectivity index (χ2n) is 3.26. The van der Waals surface area contributed by atoms with E-state index in [-0.39, 0.29) is 6.61 Å². The molecule has 2 aromatic carbocycles. The van der Waals surface area contributed by atoms with Crippen LogP contribution < -0.4 is 4.74 Å². The molecule has 0 aliphatic carbocycles. The molecule has 2 nitrogen and oxygen atoms in total. The zero-order chi connectivity index (χ0) is 11.2. The highest BCUT2D eigenvalue weighted by molar-refractivity contribution is 5.63. The molecule has 0 atom stereocenters. The summed E-state index contributed by atoms with van der Waals surface area (Å²) >= 11 is 0. The minimum absolute atomic E-state index is 0.0818. The van der Waals surface area contributed by atoms with Gasteiger partial charge in [0.1, 0.15) is 11.8 Å². The van der Waals surface area contributed by atoms with Crippen molar-refractivity contribution in [3.8, 4) is 22.9 Å². The third-order valence-corrected chi connectivity index (χ3v) is 2.20. The number of hydrogen-bond donors (Lipinski definition) is 0. The van der Waals surface area contributed by atoms with Gasteiger partial charge in [0.05, 0.1) is 0 Å². The second kappa shape index (κ2) is 4.99. The van der Waals surface area contributed by atoms with Crippen LogP contribution in [0.1, 0.15) is 0 Å². The molecule has 0 bridgehead atoms. The maximum Gasteiger partial charge on any atom is 0.174 e. The Balaban J connectivity index is 2.17. The third-order valence-electron chi connectivity index (χ3n) is 2.20. The van der Waals surface area contributed by atoms with Crippen molar-refractivity contribution in [2.75, 3.05) is 6.61 Å². The van der Waals surface area contributed by atoms with Crippen LogP contribution in [0.3, 0.4) is 0 Å². The van der Waals surface area contributed by atoms with Crippen LogP contribution in [0, 0.1) is 17.4 Å². The van der Waals surface area contributed by atoms with E-state index in [1.807, 2.05) is 54.6 Å². The molecule has 0 fully saturated rings. The fraction of sp³-hybridized carbons (Fsp3) is 0.0714. The summed E-state index contributed by atoms with van der Waals surface area (Å²) in [4.78, 5) is 0. The summed E-state index contributed by atoms with van der Waals surface area (Å²) in [6, 6.07) is 20.4. The predicted octanol–water partition coefficient (Wildman–Crippen LogP) is 3.06. The van der Waals surface area contributed by atoms with Gasteiger partial charge in [0.15, 0.2) is 6.61 Å². The number of nitrogens with zero attached hydrogens (tertiary/aromatic N) is 1. The molecule has 0 spiro atoms. The molecule has 0 aliphatic rings. The molecule has 2 aromatic rings. The van der Waals surface area contributed by atoms with Gasteiger partial charge >= 0.3 is 0 Å². The van der Waals surface area contributed by atoms with Gasteiger partial charge in [0, 0.05) is 0 Å². The lowest BCUT2D eigenvalue weighted by molar-refractivity contribution is 0.368. The van der Waals surface area contributed by atoms with Gasteiger partial charge in [-0.2, -0.15) is 5.26 Å². The molecule has 2 heteroatoms. The third kappa shape index (κ3) is 2.40. The van der Waals surface area contributed by atoms with E-state index in [2.05, 4.69) is 6.07 Å². The Morgan fingerprint density at radius 3 is 2.56 bits per heavy atom. The van der Waals surface area contributed by atoms with Crippen molar-refractivity contribution in [3.63, 3.8) is 0 Å². The first-order chi connectivity index (χ1) is 7.90. The summed E-state index contributed by atoms with van der Waals surface area (Å²) in [7, 11) is 0. The highest BCUT2D eigenvalue weighted by atomic mass is 16.5. The molecule has 0 aromatic heterocycles. The fourth-order valence-electron chi connectivity index (χ4n) is 1.43. The molecule has 0 aliphatic heterocycles. The van der Waals surface area contributed by atoms with E-state index in [4.69, 9.17) is 10.00 Å². The largest absolute Gasteiger partial charge is 0.479 e. The zero-order valence-electron chi connectivity index (χ0n) is 8.68. The standard InChI is InChI=1S/C14H10NO/c15-10-11-16-14-8-6-13(7-9-14)12-4-2-1-3-5-12/h1-2,4-9H,11H2. The van der Waals surface area contributed by atoms with Crippen molar-refractivity contribution < 1.29 is 4.74 Å². The monoisotopic (exact) mass is 208 g/mol. The van der Waals surface area contributed by atoms with Crippen molar-refractivity contribution in [2.45, 2.75) is 0 Å². The molecule has 77 valence electrons. The van der Waals surface area contributed by atoms with Crippen molar-refractivity contribution >= 4 is 0 Å². The second-order valence-corrected chi connectivity index (χ2v) is 3.26. The fourth-order valence-corrected chi connectivity index (χ4v) is 1.43. The first kappa shape index (κ1) is 10.3. The van der Waals surface area contributed by atoms with Crippen LogP contribution in [-0.2, 0) is 0 Å². The molecular weight excluding hydrogens is 198 g/mol. The number of benzene rings is 2. The quantitative estimate of drug-likeness (QED) is 0.776. The maximum atomic E-state index is 8.38. The Bertz CT molecular complexity index is 482. The number of rotatable bonds is 3. The van der Waals surface area contributed by atoms with Gasteiger partial charge in [0.2, 0.25) is 0 Å². The summed E-state index contributed by atoms with van der Waals surface area (Å²) in [5.74, 6) is 0.713. The number of nitriles is 1. The van der Waals surface area contributed by atoms with Gasteiger partial charge in [-0.3, -0.25) is 0 Å². The maximum absolute atomic E-state index is 8.38. The van der Waals surface area contributed by atoms with Crippen LogP contribution in [0.25, 0.3) is 11.1 Å². The van der Waals surface area contributed by atoms with Gasteiger partial charge in [0.25, 0.3) is 0 Å². The molecule has 16 heavy (non-hydrogen) atoms. The average molecular weight is 208 g/mol. The average Bonchev–Trinajstić information content (AvgIpc) is 2.38. The van der Waals surface area contributed by atoms with E-state index in [9.17, 15) is 0 Å². The van der Waals surface area contributed by atoms with E-state index in [1.54, 1.807) is 0 Å². The summed E-state index contributed by atoms with van der Waals surface area (Å²) in [6.07, 6.45) is 0. The molecule has 1 radical (unpaired) electrons. The molecule has 0 saturated carbocycles. The Kier molecular flexibility index (Phi) is 3.20. The molecule has 2 rings (SSSR count). The number of ether oxygens (including phenoxy) is 1. The lowest BCUT2D eigenvalue weighted by atomic mass is 10.1. The van der Waals surface area contributed by atoms with Crippen LogP contribution in [0.2, 0.25) is 0 Å². The van der Waals surface area contributed by atoms with Crippen LogP contribution >= 0.6 is 0 Å². The molecule has 0 saturated heterocycles. The molecule has 0 amide bonds. The SMILES string of the molecule is N#CCOc1ccc(-c2c[c]ccc2)cc1. The van der Waals surface area contributed by atoms with Crippen LogP contribution in [-0.4, -0.2) is 6.61 Å². The lowest BCUT2D eigenvalue weighted by Crippen LogP contribution is -1.92. The van der Waals surface area contributed by atoms with Gasteiger partial charge in [-0.25, -0.2) is 0 Å². The zero-order valence-corrected chi connectivity index (χ0v) is 8.68. The Hall–Kier alpha value is -2.27. The van der Waals surface area contributed by atoms with Gasteiger partial charge in [-0.1, -0.05) is 30.3 Å². The summed E-state index contributed by atoms with van der Waals surface area (Å²) in [5, 5.41) is 8.38. The molecule has 0 unspecified atom stereocenters. The minimum Gasteiger partial charge on any atom is -0.479 e. The van der Waals surface area contributed by atoms with E-state index < -0.39 is 0 Å². The first-order valence-electron chi connectivity index (χ1n) is 4.96. The molecule has 0 N–H and O–H groups in total. The van der Waals surface area contributed by atoms with E-state index in [0.29, 0.717) is 5.75 Å². The van der Waals surface area contributed by atoms with Crippen molar-refractivity contribution in [1.82, 2.24) is 0 Å². The van der Waals surface area contributed by atoms with Gasteiger partial charge < -0.3 is 4.74 Å². The summed E-state index contributed by atoms with van der Waals surface area (Å²) in [5.41, 5.74) is 2.23. The van der Waals surface area contributed by atoms with E-state index in [0.717, 1.165) is 11.1 Å². The van der Waals surface area contributed by atoms with E-state index >= 15 is 0 Å². The molecular formula is C14H10NO. The minimum atomic E-state index is 0.0818. The highest BCUT2D eigenvalue weighted by Crippen LogP contribution is 2.21.